The molecule has 40 heavy (non-hydrogen) atoms. The predicted molar refractivity (Wildman–Crippen MR) is 160 cm³/mol. The van der Waals surface area contributed by atoms with Crippen LogP contribution in [0.15, 0.2) is 42.6 Å². The number of nitriles is 1. The number of rotatable bonds is 10. The van der Waals surface area contributed by atoms with Crippen LogP contribution in [0.4, 0.5) is 0 Å². The van der Waals surface area contributed by atoms with Crippen molar-refractivity contribution in [3.8, 4) is 32.8 Å². The Morgan fingerprint density at radius 2 is 2.08 bits per heavy atom. The van der Waals surface area contributed by atoms with Gasteiger partial charge in [-0.1, -0.05) is 18.2 Å². The first kappa shape index (κ1) is 28.7. The Morgan fingerprint density at radius 1 is 1.25 bits per heavy atom. The van der Waals surface area contributed by atoms with Gasteiger partial charge in [0.2, 0.25) is 10.0 Å². The summed E-state index contributed by atoms with van der Waals surface area (Å²) >= 11 is 1.57. The minimum absolute atomic E-state index is 0.0150. The zero-order valence-electron chi connectivity index (χ0n) is 23.6. The van der Waals surface area contributed by atoms with E-state index in [4.69, 9.17) is 4.74 Å². The minimum Gasteiger partial charge on any atom is -0.490 e. The first-order chi connectivity index (χ1) is 19.1. The summed E-state index contributed by atoms with van der Waals surface area (Å²) in [5.74, 6) is 0.688. The fourth-order valence-corrected chi connectivity index (χ4v) is 7.87. The maximum atomic E-state index is 13.0. The summed E-state index contributed by atoms with van der Waals surface area (Å²) in [5, 5.41) is 10.4. The van der Waals surface area contributed by atoms with Gasteiger partial charge in [0.05, 0.1) is 22.3 Å². The third-order valence-corrected chi connectivity index (χ3v) is 10.2. The van der Waals surface area contributed by atoms with Gasteiger partial charge in [-0.25, -0.2) is 18.1 Å². The van der Waals surface area contributed by atoms with E-state index in [1.165, 1.54) is 5.56 Å². The Morgan fingerprint density at radius 3 is 2.80 bits per heavy atom. The molecule has 1 saturated heterocycles. The normalized spacial score (nSPS) is 19.3. The van der Waals surface area contributed by atoms with Crippen molar-refractivity contribution in [2.45, 2.75) is 51.3 Å². The molecule has 1 aromatic heterocycles. The quantitative estimate of drug-likeness (QED) is 0.372. The van der Waals surface area contributed by atoms with Crippen LogP contribution in [-0.4, -0.2) is 74.8 Å². The third kappa shape index (κ3) is 6.40. The Labute approximate surface area is 241 Å². The topological polar surface area (TPSA) is 98.6 Å². The fourth-order valence-electron chi connectivity index (χ4n) is 5.61. The Kier molecular flexibility index (Phi) is 8.59. The second kappa shape index (κ2) is 12.0. The number of hydrogen-bond donors (Lipinski definition) is 1. The van der Waals surface area contributed by atoms with Crippen LogP contribution < -0.4 is 9.46 Å². The van der Waals surface area contributed by atoms with Gasteiger partial charge in [0.15, 0.2) is 0 Å². The summed E-state index contributed by atoms with van der Waals surface area (Å²) in [7, 11) is 0.748. The van der Waals surface area contributed by atoms with E-state index < -0.39 is 10.0 Å². The highest BCUT2D eigenvalue weighted by molar-refractivity contribution is 7.89. The lowest BCUT2D eigenvalue weighted by molar-refractivity contribution is 0.242. The van der Waals surface area contributed by atoms with E-state index in [0.29, 0.717) is 23.9 Å². The highest BCUT2D eigenvalue weighted by Gasteiger charge is 2.30. The van der Waals surface area contributed by atoms with Crippen LogP contribution in [-0.2, 0) is 16.4 Å². The third-order valence-electron chi connectivity index (χ3n) is 7.73. The molecule has 2 heterocycles. The van der Waals surface area contributed by atoms with Gasteiger partial charge in [0.25, 0.3) is 0 Å². The highest BCUT2D eigenvalue weighted by atomic mass is 32.2. The lowest BCUT2D eigenvalue weighted by Gasteiger charge is -2.21. The number of likely N-dealkylation sites (tertiary alicyclic amines) is 1. The SMILES string of the molecule is CC(C)Oc1ccc(-c2ncc(-c3cccc4c3CCC4NS(=O)(=O)CCN3CCC(N(C)C)C3)s2)cc1C#N. The zero-order chi connectivity index (χ0) is 28.4. The number of hydrogen-bond acceptors (Lipinski definition) is 8. The Balaban J connectivity index is 1.29. The molecule has 3 aromatic rings. The molecule has 8 nitrogen and oxygen atoms in total. The van der Waals surface area contributed by atoms with E-state index >= 15 is 0 Å². The molecule has 2 aromatic carbocycles. The molecule has 212 valence electrons. The number of fused-ring (bicyclic) bond motifs is 1. The van der Waals surface area contributed by atoms with Crippen LogP contribution in [0.3, 0.4) is 0 Å². The van der Waals surface area contributed by atoms with E-state index in [1.807, 2.05) is 50.4 Å². The molecule has 1 fully saturated rings. The first-order valence-corrected chi connectivity index (χ1v) is 16.3. The molecule has 1 aliphatic heterocycles. The summed E-state index contributed by atoms with van der Waals surface area (Å²) in [6, 6.07) is 14.2. The van der Waals surface area contributed by atoms with E-state index in [1.54, 1.807) is 11.3 Å². The summed E-state index contributed by atoms with van der Waals surface area (Å²) in [6.07, 6.45) is 4.48. The standard InChI is InChI=1S/C30H37N5O3S2/c1-20(2)38-28-11-8-21(16-22(28)17-31)30-32-18-29(39-30)26-7-5-6-25-24(26)9-10-27(25)33-40(36,37)15-14-35-13-12-23(19-35)34(3)4/h5-8,11,16,18,20,23,27,33H,9-10,12-15,19H2,1-4H3. The van der Waals surface area contributed by atoms with Crippen molar-refractivity contribution in [3.63, 3.8) is 0 Å². The lowest BCUT2D eigenvalue weighted by atomic mass is 10.0. The molecule has 2 unspecified atom stereocenters. The molecular weight excluding hydrogens is 542 g/mol. The number of sulfonamides is 1. The lowest BCUT2D eigenvalue weighted by Crippen LogP contribution is -2.37. The van der Waals surface area contributed by atoms with Gasteiger partial charge < -0.3 is 14.5 Å². The summed E-state index contributed by atoms with van der Waals surface area (Å²) in [4.78, 5) is 10.2. The molecule has 2 atom stereocenters. The molecule has 0 bridgehead atoms. The monoisotopic (exact) mass is 579 g/mol. The van der Waals surface area contributed by atoms with Crippen LogP contribution in [0, 0.1) is 11.3 Å². The number of likely N-dealkylation sites (N-methyl/N-ethyl adjacent to an activating group) is 1. The largest absolute Gasteiger partial charge is 0.490 e. The number of nitrogens with zero attached hydrogens (tertiary/aromatic N) is 4. The van der Waals surface area contributed by atoms with Crippen LogP contribution in [0.1, 0.15) is 49.4 Å². The van der Waals surface area contributed by atoms with Crippen molar-refractivity contribution in [2.24, 2.45) is 0 Å². The van der Waals surface area contributed by atoms with Crippen molar-refractivity contribution >= 4 is 21.4 Å². The maximum Gasteiger partial charge on any atom is 0.213 e. The fraction of sp³-hybridized carbons (Fsp3) is 0.467. The van der Waals surface area contributed by atoms with Gasteiger partial charge in [-0.2, -0.15) is 5.26 Å². The number of thiazole rings is 1. The van der Waals surface area contributed by atoms with Crippen molar-refractivity contribution in [3.05, 3.63) is 59.3 Å². The maximum absolute atomic E-state index is 13.0. The van der Waals surface area contributed by atoms with Gasteiger partial charge >= 0.3 is 0 Å². The summed E-state index contributed by atoms with van der Waals surface area (Å²) < 4.78 is 34.8. The molecular formula is C30H37N5O3S2. The van der Waals surface area contributed by atoms with E-state index in [9.17, 15) is 13.7 Å². The molecule has 5 rings (SSSR count). The van der Waals surface area contributed by atoms with Crippen molar-refractivity contribution < 1.29 is 13.2 Å². The number of ether oxygens (including phenoxy) is 1. The summed E-state index contributed by atoms with van der Waals surface area (Å²) in [6.45, 7) is 6.29. The van der Waals surface area contributed by atoms with Crippen LogP contribution in [0.25, 0.3) is 21.0 Å². The molecule has 10 heteroatoms. The van der Waals surface area contributed by atoms with Gasteiger partial charge in [-0.3, -0.25) is 0 Å². The molecule has 0 spiro atoms. The van der Waals surface area contributed by atoms with Crippen molar-refractivity contribution in [2.75, 3.05) is 39.5 Å². The Bertz CT molecular complexity index is 1510. The smallest absolute Gasteiger partial charge is 0.213 e. The average molecular weight is 580 g/mol. The summed E-state index contributed by atoms with van der Waals surface area (Å²) in [5.41, 5.74) is 4.68. The minimum atomic E-state index is -3.41. The zero-order valence-corrected chi connectivity index (χ0v) is 25.2. The highest BCUT2D eigenvalue weighted by Crippen LogP contribution is 2.41. The molecule has 0 amide bonds. The molecule has 1 aliphatic carbocycles. The van der Waals surface area contributed by atoms with E-state index in [0.717, 1.165) is 58.9 Å². The molecule has 1 N–H and O–H groups in total. The number of aromatic nitrogens is 1. The molecule has 2 aliphatic rings. The predicted octanol–water partition coefficient (Wildman–Crippen LogP) is 4.68. The van der Waals surface area contributed by atoms with E-state index in [-0.39, 0.29) is 17.9 Å². The van der Waals surface area contributed by atoms with Gasteiger partial charge in [0, 0.05) is 36.9 Å². The van der Waals surface area contributed by atoms with Crippen molar-refractivity contribution in [1.29, 1.82) is 5.26 Å². The van der Waals surface area contributed by atoms with Crippen LogP contribution in [0.5, 0.6) is 5.75 Å². The second-order valence-corrected chi connectivity index (χ2v) is 14.0. The Hall–Kier alpha value is -2.81. The van der Waals surface area contributed by atoms with Gasteiger partial charge in [0.1, 0.15) is 16.8 Å². The van der Waals surface area contributed by atoms with Gasteiger partial charge in [-0.15, -0.1) is 11.3 Å². The van der Waals surface area contributed by atoms with Crippen LogP contribution >= 0.6 is 11.3 Å². The average Bonchev–Trinajstić information content (AvgIpc) is 3.68. The number of nitrogens with one attached hydrogen (secondary N) is 1. The molecule has 0 saturated carbocycles. The van der Waals surface area contributed by atoms with Crippen molar-refractivity contribution in [1.82, 2.24) is 19.5 Å². The van der Waals surface area contributed by atoms with Gasteiger partial charge in [-0.05, 0) is 88.6 Å². The first-order valence-electron chi connectivity index (χ1n) is 13.8. The number of benzene rings is 2. The van der Waals surface area contributed by atoms with E-state index in [2.05, 4.69) is 45.7 Å². The van der Waals surface area contributed by atoms with Crippen LogP contribution in [0.2, 0.25) is 0 Å². The molecule has 0 radical (unpaired) electrons. The second-order valence-electron chi connectivity index (χ2n) is 11.1.